The number of carbonyl (C=O) groups is 4. The molecule has 9 nitrogen and oxygen atoms in total. The van der Waals surface area contributed by atoms with E-state index in [1.165, 1.54) is 13.1 Å². The normalized spacial score (nSPS) is 12.7. The van der Waals surface area contributed by atoms with Gasteiger partial charge in [-0.15, -0.1) is 0 Å². The Morgan fingerprint density at radius 1 is 0.931 bits per heavy atom. The molecule has 2 atom stereocenters. The summed E-state index contributed by atoms with van der Waals surface area (Å²) in [6.07, 6.45) is 1.37. The van der Waals surface area contributed by atoms with Gasteiger partial charge in [0.15, 0.2) is 5.92 Å². The van der Waals surface area contributed by atoms with Gasteiger partial charge in [-0.2, -0.15) is 0 Å². The highest BCUT2D eigenvalue weighted by Gasteiger charge is 2.42. The van der Waals surface area contributed by atoms with Crippen LogP contribution in [0.1, 0.15) is 17.3 Å². The standard InChI is InChI=1S/C20H22N2O7/c1-11(15(18(24)27-2)19(25)28-3)16(20(26)29-4)22-17(23)13-9-12-7-5-6-8-14(12)21-10-13/h5-11,15-16H,1-4H3,(H,22,23)/t11-,16+/m0/s1. The molecule has 0 spiro atoms. The number of ether oxygens (including phenoxy) is 3. The van der Waals surface area contributed by atoms with Crippen molar-refractivity contribution in [1.29, 1.82) is 0 Å². The van der Waals surface area contributed by atoms with Crippen LogP contribution < -0.4 is 5.32 Å². The molecular weight excluding hydrogens is 380 g/mol. The average Bonchev–Trinajstić information content (AvgIpc) is 2.75. The summed E-state index contributed by atoms with van der Waals surface area (Å²) in [7, 11) is 3.35. The van der Waals surface area contributed by atoms with E-state index in [2.05, 4.69) is 19.8 Å². The van der Waals surface area contributed by atoms with Crippen LogP contribution in [0.5, 0.6) is 0 Å². The van der Waals surface area contributed by atoms with Crippen molar-refractivity contribution in [2.75, 3.05) is 21.3 Å². The lowest BCUT2D eigenvalue weighted by Crippen LogP contribution is -2.51. The monoisotopic (exact) mass is 402 g/mol. The van der Waals surface area contributed by atoms with Crippen LogP contribution in [0.3, 0.4) is 0 Å². The highest BCUT2D eigenvalue weighted by atomic mass is 16.5. The zero-order chi connectivity index (χ0) is 21.6. The van der Waals surface area contributed by atoms with Gasteiger partial charge >= 0.3 is 17.9 Å². The van der Waals surface area contributed by atoms with Crippen LogP contribution in [-0.2, 0) is 28.6 Å². The van der Waals surface area contributed by atoms with Gasteiger partial charge in [0.25, 0.3) is 5.91 Å². The van der Waals surface area contributed by atoms with E-state index in [1.807, 2.05) is 12.1 Å². The van der Waals surface area contributed by atoms with Gasteiger partial charge in [0, 0.05) is 17.5 Å². The molecule has 0 saturated carbocycles. The van der Waals surface area contributed by atoms with E-state index in [0.717, 1.165) is 26.7 Å². The van der Waals surface area contributed by atoms with Crippen LogP contribution in [0.25, 0.3) is 10.9 Å². The molecule has 2 aromatic rings. The predicted molar refractivity (Wildman–Crippen MR) is 102 cm³/mol. The number of esters is 3. The first kappa shape index (κ1) is 21.8. The van der Waals surface area contributed by atoms with Gasteiger partial charge in [-0.05, 0) is 12.1 Å². The number of hydrogen-bond donors (Lipinski definition) is 1. The summed E-state index contributed by atoms with van der Waals surface area (Å²) < 4.78 is 14.0. The van der Waals surface area contributed by atoms with Gasteiger partial charge in [0.05, 0.1) is 32.4 Å². The number of hydrogen-bond acceptors (Lipinski definition) is 8. The van der Waals surface area contributed by atoms with E-state index < -0.39 is 41.7 Å². The fraction of sp³-hybridized carbons (Fsp3) is 0.350. The van der Waals surface area contributed by atoms with Gasteiger partial charge < -0.3 is 19.5 Å². The number of pyridine rings is 1. The smallest absolute Gasteiger partial charge is 0.328 e. The second-order valence-electron chi connectivity index (χ2n) is 6.27. The zero-order valence-electron chi connectivity index (χ0n) is 16.5. The third-order valence-electron chi connectivity index (χ3n) is 4.56. The third-order valence-corrected chi connectivity index (χ3v) is 4.56. The molecule has 0 fully saturated rings. The first-order valence-corrected chi connectivity index (χ1v) is 8.73. The predicted octanol–water partition coefficient (Wildman–Crippen LogP) is 1.10. The molecule has 2 rings (SSSR count). The minimum absolute atomic E-state index is 0.206. The summed E-state index contributed by atoms with van der Waals surface area (Å²) in [6, 6.07) is 7.54. The maximum absolute atomic E-state index is 12.7. The number of methoxy groups -OCH3 is 3. The van der Waals surface area contributed by atoms with Gasteiger partial charge in [-0.1, -0.05) is 25.1 Å². The lowest BCUT2D eigenvalue weighted by Gasteiger charge is -2.27. The largest absolute Gasteiger partial charge is 0.468 e. The summed E-state index contributed by atoms with van der Waals surface area (Å²) in [6.45, 7) is 1.44. The number of benzene rings is 1. The maximum atomic E-state index is 12.7. The van der Waals surface area contributed by atoms with E-state index >= 15 is 0 Å². The number of carbonyl (C=O) groups excluding carboxylic acids is 4. The van der Waals surface area contributed by atoms with Crippen LogP contribution in [0, 0.1) is 11.8 Å². The molecule has 0 radical (unpaired) electrons. The Hall–Kier alpha value is -3.49. The summed E-state index contributed by atoms with van der Waals surface area (Å²) in [5.74, 6) is -5.64. The zero-order valence-corrected chi connectivity index (χ0v) is 16.5. The van der Waals surface area contributed by atoms with Crippen LogP contribution in [0.2, 0.25) is 0 Å². The summed E-state index contributed by atoms with van der Waals surface area (Å²) >= 11 is 0. The SMILES string of the molecule is COC(=O)C(C(=O)OC)[C@H](C)[C@@H](NC(=O)c1cnc2ccccc2c1)C(=O)OC. The number of rotatable bonds is 7. The fourth-order valence-electron chi connectivity index (χ4n) is 2.92. The average molecular weight is 402 g/mol. The second kappa shape index (κ2) is 9.63. The van der Waals surface area contributed by atoms with Crippen LogP contribution in [0.15, 0.2) is 36.5 Å². The maximum Gasteiger partial charge on any atom is 0.328 e. The van der Waals surface area contributed by atoms with Crippen molar-refractivity contribution in [3.8, 4) is 0 Å². The van der Waals surface area contributed by atoms with Crippen molar-refractivity contribution in [1.82, 2.24) is 10.3 Å². The van der Waals surface area contributed by atoms with Crippen molar-refractivity contribution in [2.24, 2.45) is 11.8 Å². The Morgan fingerprint density at radius 2 is 1.52 bits per heavy atom. The number of aromatic nitrogens is 1. The molecule has 154 valence electrons. The van der Waals surface area contributed by atoms with Crippen LogP contribution in [0.4, 0.5) is 0 Å². The van der Waals surface area contributed by atoms with E-state index in [1.54, 1.807) is 18.2 Å². The van der Waals surface area contributed by atoms with Crippen molar-refractivity contribution in [3.63, 3.8) is 0 Å². The Kier molecular flexibility index (Phi) is 7.24. The molecule has 0 unspecified atom stereocenters. The number of amides is 1. The molecule has 1 aromatic heterocycles. The molecule has 0 aliphatic carbocycles. The van der Waals surface area contributed by atoms with Crippen LogP contribution >= 0.6 is 0 Å². The topological polar surface area (TPSA) is 121 Å². The molecule has 9 heteroatoms. The highest BCUT2D eigenvalue weighted by Crippen LogP contribution is 2.21. The molecule has 0 saturated heterocycles. The first-order valence-electron chi connectivity index (χ1n) is 8.73. The molecule has 29 heavy (non-hydrogen) atoms. The number of nitrogens with one attached hydrogen (secondary N) is 1. The van der Waals surface area contributed by atoms with Crippen LogP contribution in [-0.4, -0.2) is 56.2 Å². The number of nitrogens with zero attached hydrogens (tertiary/aromatic N) is 1. The molecule has 0 aliphatic rings. The minimum atomic E-state index is -1.43. The van der Waals surface area contributed by atoms with Crippen molar-refractivity contribution in [2.45, 2.75) is 13.0 Å². The summed E-state index contributed by atoms with van der Waals surface area (Å²) in [5, 5.41) is 3.26. The Balaban J connectivity index is 2.33. The van der Waals surface area contributed by atoms with E-state index in [-0.39, 0.29) is 5.56 Å². The van der Waals surface area contributed by atoms with Crippen molar-refractivity contribution < 1.29 is 33.4 Å². The molecule has 1 heterocycles. The lowest BCUT2D eigenvalue weighted by molar-refractivity contribution is -0.162. The number of fused-ring (bicyclic) bond motifs is 1. The minimum Gasteiger partial charge on any atom is -0.468 e. The van der Waals surface area contributed by atoms with E-state index in [4.69, 9.17) is 4.74 Å². The highest BCUT2D eigenvalue weighted by molar-refractivity contribution is 6.00. The van der Waals surface area contributed by atoms with Crippen molar-refractivity contribution in [3.05, 3.63) is 42.1 Å². The van der Waals surface area contributed by atoms with E-state index in [9.17, 15) is 19.2 Å². The lowest BCUT2D eigenvalue weighted by atomic mass is 9.87. The van der Waals surface area contributed by atoms with E-state index in [0.29, 0.717) is 5.52 Å². The molecule has 1 aromatic carbocycles. The van der Waals surface area contributed by atoms with Gasteiger partial charge in [-0.25, -0.2) is 4.79 Å². The number of para-hydroxylation sites is 1. The van der Waals surface area contributed by atoms with Crippen molar-refractivity contribution >= 4 is 34.7 Å². The Bertz CT molecular complexity index is 912. The van der Waals surface area contributed by atoms with Gasteiger partial charge in [0.1, 0.15) is 6.04 Å². The second-order valence-corrected chi connectivity index (χ2v) is 6.27. The third kappa shape index (κ3) is 4.87. The van der Waals surface area contributed by atoms with Gasteiger partial charge in [-0.3, -0.25) is 19.4 Å². The summed E-state index contributed by atoms with van der Waals surface area (Å²) in [4.78, 5) is 53.4. The molecule has 1 N–H and O–H groups in total. The fourth-order valence-corrected chi connectivity index (χ4v) is 2.92. The molecule has 1 amide bonds. The molecule has 0 bridgehead atoms. The molecule has 0 aliphatic heterocycles. The van der Waals surface area contributed by atoms with Gasteiger partial charge in [0.2, 0.25) is 0 Å². The molecular formula is C20H22N2O7. The first-order chi connectivity index (χ1) is 13.8. The quantitative estimate of drug-likeness (QED) is 0.415. The summed E-state index contributed by atoms with van der Waals surface area (Å²) in [5.41, 5.74) is 0.913. The Labute approximate surface area is 167 Å². The Morgan fingerprint density at radius 3 is 2.10 bits per heavy atom.